The Labute approximate surface area is 96.0 Å². The molecule has 6 heteroatoms. The molecule has 4 nitrogen and oxygen atoms in total. The lowest BCUT2D eigenvalue weighted by atomic mass is 9.92. The standard InChI is InChI=1S/C11H10F2N2O2/c1-11(10(16)17)5-9(14-15-11)6-2-3-7(12)8(13)4-6/h2-4,9H,5H2,1H3,(H,16,17). The summed E-state index contributed by atoms with van der Waals surface area (Å²) >= 11 is 0. The molecule has 0 spiro atoms. The van der Waals surface area contributed by atoms with Crippen LogP contribution in [0.4, 0.5) is 8.78 Å². The van der Waals surface area contributed by atoms with Crippen LogP contribution in [-0.2, 0) is 4.79 Å². The van der Waals surface area contributed by atoms with E-state index in [1.54, 1.807) is 0 Å². The highest BCUT2D eigenvalue weighted by Gasteiger charge is 2.41. The van der Waals surface area contributed by atoms with Crippen LogP contribution in [0, 0.1) is 11.6 Å². The van der Waals surface area contributed by atoms with Crippen molar-refractivity contribution in [1.82, 2.24) is 0 Å². The summed E-state index contributed by atoms with van der Waals surface area (Å²) in [5.41, 5.74) is -0.854. The number of halogens is 2. The maximum absolute atomic E-state index is 13.0. The van der Waals surface area contributed by atoms with E-state index < -0.39 is 29.2 Å². The summed E-state index contributed by atoms with van der Waals surface area (Å²) in [6.45, 7) is 1.44. The monoisotopic (exact) mass is 240 g/mol. The molecule has 0 aromatic heterocycles. The summed E-state index contributed by atoms with van der Waals surface area (Å²) in [5, 5.41) is 16.4. The number of carbonyl (C=O) groups is 1. The van der Waals surface area contributed by atoms with Gasteiger partial charge in [-0.25, -0.2) is 13.6 Å². The Morgan fingerprint density at radius 3 is 2.71 bits per heavy atom. The van der Waals surface area contributed by atoms with Gasteiger partial charge in [0.2, 0.25) is 0 Å². The Balaban J connectivity index is 2.25. The highest BCUT2D eigenvalue weighted by atomic mass is 19.2. The van der Waals surface area contributed by atoms with Gasteiger partial charge in [-0.2, -0.15) is 10.2 Å². The summed E-state index contributed by atoms with van der Waals surface area (Å²) in [6, 6.07) is 2.87. The molecule has 0 aliphatic carbocycles. The Morgan fingerprint density at radius 1 is 1.47 bits per heavy atom. The molecule has 0 bridgehead atoms. The zero-order valence-corrected chi connectivity index (χ0v) is 9.02. The van der Waals surface area contributed by atoms with E-state index in [4.69, 9.17) is 5.11 Å². The molecule has 90 valence electrons. The van der Waals surface area contributed by atoms with Crippen LogP contribution in [0.15, 0.2) is 28.4 Å². The van der Waals surface area contributed by atoms with Gasteiger partial charge in [0.1, 0.15) is 0 Å². The topological polar surface area (TPSA) is 62.0 Å². The molecule has 1 aliphatic heterocycles. The van der Waals surface area contributed by atoms with Crippen LogP contribution in [0.2, 0.25) is 0 Å². The van der Waals surface area contributed by atoms with Crippen molar-refractivity contribution < 1.29 is 18.7 Å². The highest BCUT2D eigenvalue weighted by molar-refractivity contribution is 5.78. The van der Waals surface area contributed by atoms with Crippen molar-refractivity contribution in [1.29, 1.82) is 0 Å². The largest absolute Gasteiger partial charge is 0.479 e. The average molecular weight is 240 g/mol. The molecule has 1 heterocycles. The first-order valence-corrected chi connectivity index (χ1v) is 5.03. The number of carboxylic acids is 1. The molecule has 1 N–H and O–H groups in total. The predicted octanol–water partition coefficient (Wildman–Crippen LogP) is 2.71. The minimum atomic E-state index is -1.28. The van der Waals surface area contributed by atoms with E-state index in [1.165, 1.54) is 13.0 Å². The summed E-state index contributed by atoms with van der Waals surface area (Å²) < 4.78 is 25.8. The second-order valence-electron chi connectivity index (χ2n) is 4.19. The third-order valence-corrected chi connectivity index (χ3v) is 2.80. The SMILES string of the molecule is CC1(C(=O)O)CC(c2ccc(F)c(F)c2)N=N1. The number of azo groups is 1. The molecule has 2 rings (SSSR count). The van der Waals surface area contributed by atoms with E-state index in [0.717, 1.165) is 12.1 Å². The average Bonchev–Trinajstić information content (AvgIpc) is 2.67. The molecule has 1 aliphatic rings. The van der Waals surface area contributed by atoms with Gasteiger partial charge in [-0.3, -0.25) is 0 Å². The normalized spacial score (nSPS) is 27.4. The minimum Gasteiger partial charge on any atom is -0.479 e. The van der Waals surface area contributed by atoms with Gasteiger partial charge in [0, 0.05) is 6.42 Å². The minimum absolute atomic E-state index is 0.146. The Morgan fingerprint density at radius 2 is 2.18 bits per heavy atom. The van der Waals surface area contributed by atoms with Crippen LogP contribution < -0.4 is 0 Å². The van der Waals surface area contributed by atoms with E-state index in [2.05, 4.69) is 10.2 Å². The molecule has 1 aromatic rings. The van der Waals surface area contributed by atoms with Gasteiger partial charge in [-0.05, 0) is 24.6 Å². The number of rotatable bonds is 2. The first-order chi connectivity index (χ1) is 7.92. The van der Waals surface area contributed by atoms with Crippen molar-refractivity contribution in [3.8, 4) is 0 Å². The summed E-state index contributed by atoms with van der Waals surface area (Å²) in [5.74, 6) is -2.99. The van der Waals surface area contributed by atoms with Gasteiger partial charge in [0.15, 0.2) is 17.2 Å². The van der Waals surface area contributed by atoms with E-state index in [1.807, 2.05) is 0 Å². The van der Waals surface area contributed by atoms with Gasteiger partial charge in [0.05, 0.1) is 6.04 Å². The molecule has 2 atom stereocenters. The van der Waals surface area contributed by atoms with Crippen molar-refractivity contribution >= 4 is 5.97 Å². The molecule has 17 heavy (non-hydrogen) atoms. The fourth-order valence-corrected chi connectivity index (χ4v) is 1.69. The molecule has 2 unspecified atom stereocenters. The number of carboxylic acid groups (broad SMARTS) is 1. The maximum Gasteiger partial charge on any atom is 0.333 e. The van der Waals surface area contributed by atoms with E-state index in [-0.39, 0.29) is 6.42 Å². The second kappa shape index (κ2) is 3.87. The maximum atomic E-state index is 13.0. The van der Waals surface area contributed by atoms with E-state index in [9.17, 15) is 13.6 Å². The fraction of sp³-hybridized carbons (Fsp3) is 0.364. The smallest absolute Gasteiger partial charge is 0.333 e. The predicted molar refractivity (Wildman–Crippen MR) is 54.6 cm³/mol. The van der Waals surface area contributed by atoms with Crippen LogP contribution in [0.3, 0.4) is 0 Å². The zero-order chi connectivity index (χ0) is 12.6. The van der Waals surface area contributed by atoms with E-state index in [0.29, 0.717) is 5.56 Å². The molecule has 0 saturated heterocycles. The third-order valence-electron chi connectivity index (χ3n) is 2.80. The first kappa shape index (κ1) is 11.6. The molecule has 0 radical (unpaired) electrons. The Hall–Kier alpha value is -1.85. The lowest BCUT2D eigenvalue weighted by Gasteiger charge is -2.14. The van der Waals surface area contributed by atoms with Crippen LogP contribution >= 0.6 is 0 Å². The molecule has 0 amide bonds. The first-order valence-electron chi connectivity index (χ1n) is 5.03. The van der Waals surface area contributed by atoms with Crippen LogP contribution in [-0.4, -0.2) is 16.6 Å². The van der Waals surface area contributed by atoms with Crippen molar-refractivity contribution in [3.05, 3.63) is 35.4 Å². The summed E-state index contributed by atoms with van der Waals surface area (Å²) in [6.07, 6.45) is 0.146. The molecular formula is C11H10F2N2O2. The second-order valence-corrected chi connectivity index (χ2v) is 4.19. The number of hydrogen-bond donors (Lipinski definition) is 1. The van der Waals surface area contributed by atoms with Crippen LogP contribution in [0.1, 0.15) is 24.9 Å². The fourth-order valence-electron chi connectivity index (χ4n) is 1.69. The Kier molecular flexibility index (Phi) is 2.65. The number of benzene rings is 1. The number of aliphatic carboxylic acids is 1. The highest BCUT2D eigenvalue weighted by Crippen LogP contribution is 2.37. The molecular weight excluding hydrogens is 230 g/mol. The van der Waals surface area contributed by atoms with Crippen molar-refractivity contribution in [2.75, 3.05) is 0 Å². The van der Waals surface area contributed by atoms with Crippen LogP contribution in [0.25, 0.3) is 0 Å². The number of nitrogens with zero attached hydrogens (tertiary/aromatic N) is 2. The lowest BCUT2D eigenvalue weighted by molar-refractivity contribution is -0.142. The van der Waals surface area contributed by atoms with Gasteiger partial charge in [0.25, 0.3) is 0 Å². The van der Waals surface area contributed by atoms with Gasteiger partial charge < -0.3 is 5.11 Å². The zero-order valence-electron chi connectivity index (χ0n) is 9.02. The lowest BCUT2D eigenvalue weighted by Crippen LogP contribution is -2.31. The number of hydrogen-bond acceptors (Lipinski definition) is 3. The van der Waals surface area contributed by atoms with Gasteiger partial charge in [-0.1, -0.05) is 6.07 Å². The summed E-state index contributed by atoms with van der Waals surface area (Å²) in [7, 11) is 0. The summed E-state index contributed by atoms with van der Waals surface area (Å²) in [4.78, 5) is 10.9. The van der Waals surface area contributed by atoms with Crippen molar-refractivity contribution in [2.45, 2.75) is 24.9 Å². The van der Waals surface area contributed by atoms with Gasteiger partial charge >= 0.3 is 5.97 Å². The van der Waals surface area contributed by atoms with Crippen molar-refractivity contribution in [2.24, 2.45) is 10.2 Å². The quantitative estimate of drug-likeness (QED) is 0.863. The molecule has 0 fully saturated rings. The Bertz CT molecular complexity index is 504. The van der Waals surface area contributed by atoms with Crippen molar-refractivity contribution in [3.63, 3.8) is 0 Å². The molecule has 0 saturated carbocycles. The van der Waals surface area contributed by atoms with Gasteiger partial charge in [-0.15, -0.1) is 0 Å². The molecule has 1 aromatic carbocycles. The van der Waals surface area contributed by atoms with Crippen LogP contribution in [0.5, 0.6) is 0 Å². The van der Waals surface area contributed by atoms with E-state index >= 15 is 0 Å². The third kappa shape index (κ3) is 2.02.